The van der Waals surface area contributed by atoms with E-state index < -0.39 is 99.0 Å². The quantitative estimate of drug-likeness (QED) is 0.0581. The van der Waals surface area contributed by atoms with Gasteiger partial charge < -0.3 is 19.7 Å². The standard InChI is InChI=1S/C26H27N3O7S.C24H25N3O7S/c1-3-21-25(30)27(14-15-28(21)37(34,35)24-11-7-6-10-22(24)29(32)33)23(26(31)36-2)17-18-12-13-19-8-4-5-9-20(19)16-18;1-3-19(26-35(32,33)22-11-7-6-10-21(22)27(30)31)23(28)25-20(24(29)34-2)15-16-12-13-17-8-4-5-9-18(17)14-16/h4-13,16,21,23H,3,14-15,17H2,1-2H3;4-14,19-20,26H,3,15H2,1-2H3,(H,25,28)/t21-,23-;19-,20-/m00/s1. The second kappa shape index (κ2) is 23.5. The number of benzene rings is 6. The minimum absolute atomic E-state index is 0.0373. The first-order valence-electron chi connectivity index (χ1n) is 22.6. The van der Waals surface area contributed by atoms with Gasteiger partial charge in [-0.3, -0.25) is 29.8 Å². The minimum Gasteiger partial charge on any atom is -0.467 e. The number of nitrogens with one attached hydrogen (secondary N) is 2. The van der Waals surface area contributed by atoms with Gasteiger partial charge in [0.05, 0.1) is 24.1 Å². The minimum atomic E-state index is -4.41. The van der Waals surface area contributed by atoms with E-state index in [2.05, 4.69) is 10.0 Å². The van der Waals surface area contributed by atoms with Crippen molar-refractivity contribution in [3.05, 3.63) is 165 Å². The molecular formula is C50H52N6O14S2. The van der Waals surface area contributed by atoms with E-state index in [1.54, 1.807) is 13.8 Å². The number of hydrogen-bond donors (Lipinski definition) is 2. The number of amides is 2. The number of carbonyl (C=O) groups is 4. The van der Waals surface area contributed by atoms with Crippen LogP contribution in [0.5, 0.6) is 0 Å². The molecule has 1 saturated heterocycles. The van der Waals surface area contributed by atoms with Gasteiger partial charge in [-0.1, -0.05) is 123 Å². The Morgan fingerprint density at radius 2 is 1.14 bits per heavy atom. The van der Waals surface area contributed by atoms with Crippen LogP contribution in [0.15, 0.2) is 143 Å². The van der Waals surface area contributed by atoms with Gasteiger partial charge in [-0.05, 0) is 57.6 Å². The Bertz CT molecular complexity index is 3240. The van der Waals surface area contributed by atoms with E-state index in [1.165, 1.54) is 43.4 Å². The van der Waals surface area contributed by atoms with Crippen molar-refractivity contribution < 1.29 is 55.3 Å². The number of nitro benzene ring substituents is 2. The van der Waals surface area contributed by atoms with Gasteiger partial charge in [0.2, 0.25) is 21.8 Å². The van der Waals surface area contributed by atoms with Crippen LogP contribution in [0.25, 0.3) is 21.5 Å². The number of nitro groups is 2. The third-order valence-corrected chi connectivity index (χ3v) is 15.5. The Balaban J connectivity index is 0.000000236. The smallest absolute Gasteiger partial charge is 0.328 e. The number of carbonyl (C=O) groups excluding carboxylic acids is 4. The Hall–Kier alpha value is -7.66. The number of methoxy groups -OCH3 is 2. The van der Waals surface area contributed by atoms with Crippen LogP contribution in [-0.2, 0) is 61.5 Å². The largest absolute Gasteiger partial charge is 0.467 e. The van der Waals surface area contributed by atoms with Crippen molar-refractivity contribution in [2.45, 2.75) is 73.5 Å². The van der Waals surface area contributed by atoms with Crippen molar-refractivity contribution in [3.63, 3.8) is 0 Å². The van der Waals surface area contributed by atoms with Gasteiger partial charge in [0.15, 0.2) is 9.79 Å². The SMILES string of the molecule is CC[C@H](NS(=O)(=O)c1ccccc1[N+](=O)[O-])C(=O)N[C@@H](Cc1ccc2ccccc2c1)C(=O)OC.CC[C@H]1C(=O)N([C@@H](Cc2ccc3ccccc3c2)C(=O)OC)CCN1S(=O)(=O)c1ccccc1[N+](=O)[O-]. The van der Waals surface area contributed by atoms with Crippen molar-refractivity contribution in [3.8, 4) is 0 Å². The summed E-state index contributed by atoms with van der Waals surface area (Å²) >= 11 is 0. The van der Waals surface area contributed by atoms with Gasteiger partial charge in [0.1, 0.15) is 24.2 Å². The second-order valence-corrected chi connectivity index (χ2v) is 20.0. The lowest BCUT2D eigenvalue weighted by Crippen LogP contribution is -2.62. The third-order valence-electron chi connectivity index (χ3n) is 12.0. The van der Waals surface area contributed by atoms with Crippen molar-refractivity contribution in [2.75, 3.05) is 27.3 Å². The van der Waals surface area contributed by atoms with Crippen molar-refractivity contribution in [2.24, 2.45) is 0 Å². The Labute approximate surface area is 415 Å². The zero-order chi connectivity index (χ0) is 52.3. The summed E-state index contributed by atoms with van der Waals surface area (Å²) in [6.07, 6.45) is 0.474. The summed E-state index contributed by atoms with van der Waals surface area (Å²) in [5, 5.41) is 29.3. The number of rotatable bonds is 18. The summed E-state index contributed by atoms with van der Waals surface area (Å²) in [4.78, 5) is 73.3. The van der Waals surface area contributed by atoms with E-state index in [-0.39, 0.29) is 38.8 Å². The highest BCUT2D eigenvalue weighted by Crippen LogP contribution is 2.31. The van der Waals surface area contributed by atoms with Crippen LogP contribution < -0.4 is 10.0 Å². The molecule has 1 fully saturated rings. The molecule has 2 amide bonds. The van der Waals surface area contributed by atoms with Gasteiger partial charge in [0, 0.05) is 38.1 Å². The molecule has 7 rings (SSSR count). The lowest BCUT2D eigenvalue weighted by atomic mass is 9.99. The molecule has 0 unspecified atom stereocenters. The number of fused-ring (bicyclic) bond motifs is 2. The number of para-hydroxylation sites is 2. The van der Waals surface area contributed by atoms with E-state index in [9.17, 15) is 56.2 Å². The maximum absolute atomic E-state index is 13.6. The maximum Gasteiger partial charge on any atom is 0.328 e. The first-order valence-corrected chi connectivity index (χ1v) is 25.5. The van der Waals surface area contributed by atoms with Crippen LogP contribution in [0.3, 0.4) is 0 Å². The number of nitrogens with zero attached hydrogens (tertiary/aromatic N) is 4. The molecule has 72 heavy (non-hydrogen) atoms. The average molecular weight is 1030 g/mol. The zero-order valence-corrected chi connectivity index (χ0v) is 41.2. The van der Waals surface area contributed by atoms with E-state index in [0.717, 1.165) is 61.2 Å². The molecule has 1 aliphatic rings. The maximum atomic E-state index is 13.6. The average Bonchev–Trinajstić information content (AvgIpc) is 3.38. The highest BCUT2D eigenvalue weighted by molar-refractivity contribution is 7.89. The molecule has 378 valence electrons. The number of esters is 2. The molecule has 0 aliphatic carbocycles. The van der Waals surface area contributed by atoms with Crippen LogP contribution in [0, 0.1) is 20.2 Å². The fourth-order valence-corrected chi connectivity index (χ4v) is 11.6. The molecule has 0 aromatic heterocycles. The van der Waals surface area contributed by atoms with Crippen molar-refractivity contribution in [1.82, 2.24) is 19.2 Å². The number of sulfonamides is 2. The van der Waals surface area contributed by atoms with E-state index in [4.69, 9.17) is 9.47 Å². The molecular weight excluding hydrogens is 973 g/mol. The predicted molar refractivity (Wildman–Crippen MR) is 265 cm³/mol. The summed E-state index contributed by atoms with van der Waals surface area (Å²) < 4.78 is 65.7. The first-order chi connectivity index (χ1) is 34.3. The van der Waals surface area contributed by atoms with Crippen LogP contribution in [0.2, 0.25) is 0 Å². The molecule has 6 aromatic carbocycles. The van der Waals surface area contributed by atoms with E-state index >= 15 is 0 Å². The van der Waals surface area contributed by atoms with Gasteiger partial charge in [-0.2, -0.15) is 9.03 Å². The molecule has 20 nitrogen and oxygen atoms in total. The molecule has 6 aromatic rings. The molecule has 1 aliphatic heterocycles. The number of piperazine rings is 1. The molecule has 0 saturated carbocycles. The lowest BCUT2D eigenvalue weighted by molar-refractivity contribution is -0.388. The molecule has 0 radical (unpaired) electrons. The van der Waals surface area contributed by atoms with Gasteiger partial charge in [-0.25, -0.2) is 26.4 Å². The summed E-state index contributed by atoms with van der Waals surface area (Å²) in [6, 6.07) is 32.3. The second-order valence-electron chi connectivity index (χ2n) is 16.5. The summed E-state index contributed by atoms with van der Waals surface area (Å²) in [7, 11) is -6.33. The molecule has 0 bridgehead atoms. The number of ether oxygens (including phenoxy) is 2. The monoisotopic (exact) mass is 1020 g/mol. The molecule has 4 atom stereocenters. The van der Waals surface area contributed by atoms with Gasteiger partial charge >= 0.3 is 11.9 Å². The van der Waals surface area contributed by atoms with Crippen molar-refractivity contribution in [1.29, 1.82) is 0 Å². The Morgan fingerprint density at radius 3 is 1.65 bits per heavy atom. The molecule has 22 heteroatoms. The van der Waals surface area contributed by atoms with Crippen molar-refractivity contribution >= 4 is 76.7 Å². The Kier molecular flexibility index (Phi) is 17.5. The van der Waals surface area contributed by atoms with Crippen LogP contribution in [0.4, 0.5) is 11.4 Å². The predicted octanol–water partition coefficient (Wildman–Crippen LogP) is 5.85. The first kappa shape index (κ1) is 53.7. The van der Waals surface area contributed by atoms with Crippen LogP contribution in [0.1, 0.15) is 37.8 Å². The normalized spacial score (nSPS) is 15.4. The Morgan fingerprint density at radius 1 is 0.653 bits per heavy atom. The van der Waals surface area contributed by atoms with E-state index in [1.807, 2.05) is 84.9 Å². The van der Waals surface area contributed by atoms with Gasteiger partial charge in [0.25, 0.3) is 21.4 Å². The molecule has 2 N–H and O–H groups in total. The highest BCUT2D eigenvalue weighted by Gasteiger charge is 2.46. The summed E-state index contributed by atoms with van der Waals surface area (Å²) in [5.74, 6) is -2.60. The topological polar surface area (TPSA) is 272 Å². The number of hydrogen-bond acceptors (Lipinski definition) is 14. The third kappa shape index (κ3) is 12.3. The van der Waals surface area contributed by atoms with Crippen LogP contribution in [-0.4, -0.2) is 111 Å². The molecule has 1 heterocycles. The highest BCUT2D eigenvalue weighted by atomic mass is 32.2. The molecule has 0 spiro atoms. The zero-order valence-electron chi connectivity index (χ0n) is 39.6. The van der Waals surface area contributed by atoms with Crippen LogP contribution >= 0.6 is 0 Å². The fraction of sp³-hybridized carbons (Fsp3) is 0.280. The summed E-state index contributed by atoms with van der Waals surface area (Å²) in [5.41, 5.74) is 0.424. The lowest BCUT2D eigenvalue weighted by Gasteiger charge is -2.42. The summed E-state index contributed by atoms with van der Waals surface area (Å²) in [6.45, 7) is 3.04. The van der Waals surface area contributed by atoms with E-state index in [0.29, 0.717) is 0 Å². The van der Waals surface area contributed by atoms with Gasteiger partial charge in [-0.15, -0.1) is 0 Å². The fourth-order valence-electron chi connectivity index (χ4n) is 8.38.